The molecule has 9 rings (SSSR count). The van der Waals surface area contributed by atoms with Crippen LogP contribution in [0.5, 0.6) is 23.0 Å². The zero-order chi connectivity index (χ0) is 33.0. The number of nitrogen functional groups attached to an aromatic ring is 1. The molecule has 0 radical (unpaired) electrons. The molecule has 0 spiro atoms. The maximum absolute atomic E-state index is 6.74. The topological polar surface area (TPSA) is 56.8 Å². The van der Waals surface area contributed by atoms with Crippen LogP contribution in [0.1, 0.15) is 34.7 Å². The number of benzene rings is 7. The first-order valence-electron chi connectivity index (χ1n) is 16.5. The summed E-state index contributed by atoms with van der Waals surface area (Å²) in [7, 11) is 0. The molecule has 0 saturated heterocycles. The van der Waals surface area contributed by atoms with E-state index in [-0.39, 0.29) is 0 Å². The predicted molar refractivity (Wildman–Crippen MR) is 198 cm³/mol. The fourth-order valence-electron chi connectivity index (χ4n) is 7.45. The molecule has 7 aromatic rings. The Morgan fingerprint density at radius 1 is 0.510 bits per heavy atom. The number of aliphatic imine (C=N–C) groups is 1. The highest BCUT2D eigenvalue weighted by molar-refractivity contribution is 6.01. The van der Waals surface area contributed by atoms with Crippen LogP contribution >= 0.6 is 0 Å². The Morgan fingerprint density at radius 2 is 1.14 bits per heavy atom. The van der Waals surface area contributed by atoms with E-state index in [1.54, 1.807) is 0 Å². The number of rotatable bonds is 5. The Kier molecular flexibility index (Phi) is 6.70. The lowest BCUT2D eigenvalue weighted by Gasteiger charge is -2.34. The van der Waals surface area contributed by atoms with Crippen LogP contribution in [0.15, 0.2) is 169 Å². The summed E-state index contributed by atoms with van der Waals surface area (Å²) in [6.07, 6.45) is 0. The fraction of sp³-hybridized carbons (Fsp3) is 0.0444. The molecule has 1 aliphatic heterocycles. The first kappa shape index (κ1) is 28.8. The number of fused-ring (bicyclic) bond motifs is 5. The summed E-state index contributed by atoms with van der Waals surface area (Å²) in [6, 6.07) is 56.8. The van der Waals surface area contributed by atoms with Crippen molar-refractivity contribution in [2.75, 3.05) is 5.73 Å². The zero-order valence-electron chi connectivity index (χ0n) is 26.9. The third-order valence-electron chi connectivity index (χ3n) is 9.74. The SMILES string of the molecule is C/C(=N\c1ccccc1N)c1cccc(-c2ccc3c(c2)Oc2cc4c(cc2O3)-c2ccccc2C4(c2ccccc2)c2ccccc2)c1. The van der Waals surface area contributed by atoms with Crippen LogP contribution in [-0.4, -0.2) is 5.71 Å². The van der Waals surface area contributed by atoms with Gasteiger partial charge in [-0.3, -0.25) is 4.99 Å². The standard InChI is InChI=1S/C45H32N2O2/c1-29(47-40-22-11-10-21-39(40)46)30-13-12-14-31(25-30)32-23-24-41-42(26-32)49-44-28-38-36(27-43(44)48-41)35-19-8-9-20-37(35)45(38,33-15-4-2-5-16-33)34-17-6-3-7-18-34/h2-28H,46H2,1H3/b47-29+. The summed E-state index contributed by atoms with van der Waals surface area (Å²) in [6.45, 7) is 2.01. The second-order valence-corrected chi connectivity index (χ2v) is 12.6. The molecule has 7 aromatic carbocycles. The average Bonchev–Trinajstić information content (AvgIpc) is 3.44. The molecule has 1 heterocycles. The summed E-state index contributed by atoms with van der Waals surface area (Å²) < 4.78 is 13.3. The average molecular weight is 633 g/mol. The van der Waals surface area contributed by atoms with Gasteiger partial charge in [-0.2, -0.15) is 0 Å². The van der Waals surface area contributed by atoms with Gasteiger partial charge in [0.25, 0.3) is 0 Å². The molecule has 1 aliphatic carbocycles. The lowest BCUT2D eigenvalue weighted by molar-refractivity contribution is 0.359. The van der Waals surface area contributed by atoms with E-state index in [1.165, 1.54) is 27.8 Å². The van der Waals surface area contributed by atoms with Crippen LogP contribution in [0.2, 0.25) is 0 Å². The van der Waals surface area contributed by atoms with Gasteiger partial charge in [-0.05, 0) is 99.5 Å². The van der Waals surface area contributed by atoms with Crippen LogP contribution in [0.3, 0.4) is 0 Å². The van der Waals surface area contributed by atoms with Crippen LogP contribution in [0, 0.1) is 0 Å². The van der Waals surface area contributed by atoms with Crippen molar-refractivity contribution in [3.05, 3.63) is 192 Å². The molecule has 0 unspecified atom stereocenters. The van der Waals surface area contributed by atoms with Gasteiger partial charge in [0.1, 0.15) is 0 Å². The molecule has 4 heteroatoms. The van der Waals surface area contributed by atoms with Gasteiger partial charge in [-0.15, -0.1) is 0 Å². The van der Waals surface area contributed by atoms with Gasteiger partial charge in [0.2, 0.25) is 0 Å². The van der Waals surface area contributed by atoms with Gasteiger partial charge in [-0.25, -0.2) is 0 Å². The first-order chi connectivity index (χ1) is 24.1. The summed E-state index contributed by atoms with van der Waals surface area (Å²) >= 11 is 0. The highest BCUT2D eigenvalue weighted by Gasteiger charge is 2.47. The van der Waals surface area contributed by atoms with Crippen molar-refractivity contribution in [2.24, 2.45) is 4.99 Å². The van der Waals surface area contributed by atoms with Gasteiger partial charge in [0.05, 0.1) is 16.8 Å². The number of nitrogens with zero attached hydrogens (tertiary/aromatic N) is 1. The van der Waals surface area contributed by atoms with Crippen molar-refractivity contribution in [1.82, 2.24) is 0 Å². The summed E-state index contributed by atoms with van der Waals surface area (Å²) in [4.78, 5) is 4.80. The van der Waals surface area contributed by atoms with Gasteiger partial charge in [0.15, 0.2) is 23.0 Å². The molecule has 0 saturated carbocycles. The lowest BCUT2D eigenvalue weighted by atomic mass is 9.67. The van der Waals surface area contributed by atoms with E-state index in [0.29, 0.717) is 28.7 Å². The quantitative estimate of drug-likeness (QED) is 0.152. The number of nitrogens with two attached hydrogens (primary N) is 1. The van der Waals surface area contributed by atoms with Crippen molar-refractivity contribution < 1.29 is 9.47 Å². The van der Waals surface area contributed by atoms with Crippen molar-refractivity contribution >= 4 is 17.1 Å². The zero-order valence-corrected chi connectivity index (χ0v) is 26.9. The normalized spacial score (nSPS) is 13.7. The van der Waals surface area contributed by atoms with E-state index in [1.807, 2.05) is 37.3 Å². The van der Waals surface area contributed by atoms with Crippen LogP contribution in [0.4, 0.5) is 11.4 Å². The molecular weight excluding hydrogens is 601 g/mol. The third-order valence-corrected chi connectivity index (χ3v) is 9.74. The molecule has 2 aliphatic rings. The monoisotopic (exact) mass is 632 g/mol. The first-order valence-corrected chi connectivity index (χ1v) is 16.5. The largest absolute Gasteiger partial charge is 0.449 e. The molecule has 234 valence electrons. The number of anilines is 1. The van der Waals surface area contributed by atoms with E-state index in [4.69, 9.17) is 20.2 Å². The lowest BCUT2D eigenvalue weighted by Crippen LogP contribution is -2.28. The number of ether oxygens (including phenoxy) is 2. The van der Waals surface area contributed by atoms with Crippen LogP contribution in [-0.2, 0) is 5.41 Å². The van der Waals surface area contributed by atoms with E-state index in [9.17, 15) is 0 Å². The molecule has 0 amide bonds. The number of hydrogen-bond acceptors (Lipinski definition) is 4. The summed E-state index contributed by atoms with van der Waals surface area (Å²) in [5.74, 6) is 2.77. The molecule has 0 aromatic heterocycles. The van der Waals surface area contributed by atoms with E-state index >= 15 is 0 Å². The van der Waals surface area contributed by atoms with Gasteiger partial charge in [-0.1, -0.05) is 121 Å². The van der Waals surface area contributed by atoms with Crippen LogP contribution in [0.25, 0.3) is 22.3 Å². The number of para-hydroxylation sites is 2. The Morgan fingerprint density at radius 3 is 1.92 bits per heavy atom. The minimum atomic E-state index is -0.515. The molecule has 0 bridgehead atoms. The Hall–Kier alpha value is -6.39. The summed E-state index contributed by atoms with van der Waals surface area (Å²) in [5, 5.41) is 0. The smallest absolute Gasteiger partial charge is 0.170 e. The molecule has 0 atom stereocenters. The van der Waals surface area contributed by atoms with Crippen molar-refractivity contribution in [2.45, 2.75) is 12.3 Å². The third kappa shape index (κ3) is 4.64. The molecule has 49 heavy (non-hydrogen) atoms. The van der Waals surface area contributed by atoms with E-state index < -0.39 is 5.41 Å². The molecular formula is C45H32N2O2. The second-order valence-electron chi connectivity index (χ2n) is 12.6. The highest BCUT2D eigenvalue weighted by atomic mass is 16.6. The molecule has 0 fully saturated rings. The second kappa shape index (κ2) is 11.4. The highest BCUT2D eigenvalue weighted by Crippen LogP contribution is 2.59. The van der Waals surface area contributed by atoms with E-state index in [2.05, 4.69) is 133 Å². The van der Waals surface area contributed by atoms with Gasteiger partial charge < -0.3 is 15.2 Å². The van der Waals surface area contributed by atoms with Gasteiger partial charge >= 0.3 is 0 Å². The Balaban J connectivity index is 1.13. The summed E-state index contributed by atoms with van der Waals surface area (Å²) in [5.41, 5.74) is 18.3. The minimum absolute atomic E-state index is 0.515. The molecule has 2 N–H and O–H groups in total. The van der Waals surface area contributed by atoms with Crippen LogP contribution < -0.4 is 15.2 Å². The van der Waals surface area contributed by atoms with Crippen molar-refractivity contribution in [1.29, 1.82) is 0 Å². The van der Waals surface area contributed by atoms with Crippen molar-refractivity contribution in [3.63, 3.8) is 0 Å². The maximum Gasteiger partial charge on any atom is 0.170 e. The predicted octanol–water partition coefficient (Wildman–Crippen LogP) is 11.3. The Labute approximate surface area is 285 Å². The van der Waals surface area contributed by atoms with Gasteiger partial charge in [0, 0.05) is 5.71 Å². The maximum atomic E-state index is 6.74. The minimum Gasteiger partial charge on any atom is -0.449 e. The number of hydrogen-bond donors (Lipinski definition) is 1. The Bertz CT molecular complexity index is 2370. The fourth-order valence-corrected chi connectivity index (χ4v) is 7.45. The van der Waals surface area contributed by atoms with E-state index in [0.717, 1.165) is 33.7 Å². The molecule has 4 nitrogen and oxygen atoms in total. The van der Waals surface area contributed by atoms with Crippen molar-refractivity contribution in [3.8, 4) is 45.3 Å².